The van der Waals surface area contributed by atoms with E-state index in [9.17, 15) is 4.79 Å². The fourth-order valence-corrected chi connectivity index (χ4v) is 1.25. The minimum Gasteiger partial charge on any atom is -0.305 e. The second-order valence-electron chi connectivity index (χ2n) is 3.21. The van der Waals surface area contributed by atoms with E-state index in [1.807, 2.05) is 13.0 Å². The molecule has 1 aromatic rings. The van der Waals surface area contributed by atoms with Crippen molar-refractivity contribution in [2.45, 2.75) is 20.8 Å². The molecule has 0 spiro atoms. The molecular formula is C11H13NO. The lowest BCUT2D eigenvalue weighted by atomic mass is 10.0. The fraction of sp³-hybridized carbons (Fsp3) is 0.273. The summed E-state index contributed by atoms with van der Waals surface area (Å²) in [6.45, 7) is 5.21. The van der Waals surface area contributed by atoms with Crippen molar-refractivity contribution in [2.24, 2.45) is 0 Å². The number of ketones is 1. The highest BCUT2D eigenvalue weighted by Gasteiger charge is 2.04. The van der Waals surface area contributed by atoms with E-state index in [2.05, 4.69) is 0 Å². The first kappa shape index (κ1) is 9.65. The molecule has 68 valence electrons. The molecule has 2 heteroatoms. The summed E-state index contributed by atoms with van der Waals surface area (Å²) in [7, 11) is 0. The van der Waals surface area contributed by atoms with Gasteiger partial charge in [0.25, 0.3) is 0 Å². The van der Waals surface area contributed by atoms with Gasteiger partial charge in [-0.2, -0.15) is 0 Å². The summed E-state index contributed by atoms with van der Waals surface area (Å²) in [6, 6.07) is 5.45. The van der Waals surface area contributed by atoms with E-state index in [1.165, 1.54) is 6.92 Å². The lowest BCUT2D eigenvalue weighted by Crippen LogP contribution is -2.00. The van der Waals surface area contributed by atoms with Gasteiger partial charge in [0.1, 0.15) is 0 Å². The van der Waals surface area contributed by atoms with Gasteiger partial charge in [-0.3, -0.25) is 4.79 Å². The van der Waals surface area contributed by atoms with Gasteiger partial charge in [-0.1, -0.05) is 12.1 Å². The van der Waals surface area contributed by atoms with Gasteiger partial charge >= 0.3 is 0 Å². The molecule has 1 rings (SSSR count). The van der Waals surface area contributed by atoms with Crippen molar-refractivity contribution in [3.63, 3.8) is 0 Å². The predicted molar refractivity (Wildman–Crippen MR) is 53.7 cm³/mol. The summed E-state index contributed by atoms with van der Waals surface area (Å²) in [6.07, 6.45) is 0. The van der Waals surface area contributed by atoms with Crippen LogP contribution in [0.15, 0.2) is 18.2 Å². The van der Waals surface area contributed by atoms with E-state index in [4.69, 9.17) is 5.41 Å². The average molecular weight is 175 g/mol. The Morgan fingerprint density at radius 3 is 2.38 bits per heavy atom. The van der Waals surface area contributed by atoms with Crippen LogP contribution in [0.2, 0.25) is 0 Å². The summed E-state index contributed by atoms with van der Waals surface area (Å²) < 4.78 is 0. The number of aryl methyl sites for hydroxylation is 1. The molecular weight excluding hydrogens is 162 g/mol. The van der Waals surface area contributed by atoms with Gasteiger partial charge in [0.05, 0.1) is 0 Å². The lowest BCUT2D eigenvalue weighted by Gasteiger charge is -2.05. The molecule has 0 aliphatic heterocycles. The molecule has 0 fully saturated rings. The Labute approximate surface area is 78.1 Å². The second kappa shape index (κ2) is 3.52. The van der Waals surface area contributed by atoms with Crippen LogP contribution in [0.5, 0.6) is 0 Å². The summed E-state index contributed by atoms with van der Waals surface area (Å²) in [5, 5.41) is 7.50. The van der Waals surface area contributed by atoms with Crippen LogP contribution in [0.25, 0.3) is 0 Å². The number of carbonyl (C=O) groups excluding carboxylic acids is 1. The molecule has 13 heavy (non-hydrogen) atoms. The Kier molecular flexibility index (Phi) is 2.61. The van der Waals surface area contributed by atoms with Crippen LogP contribution in [0.1, 0.15) is 35.3 Å². The van der Waals surface area contributed by atoms with Crippen LogP contribution in [0.3, 0.4) is 0 Å². The van der Waals surface area contributed by atoms with Crippen LogP contribution in [-0.2, 0) is 0 Å². The van der Waals surface area contributed by atoms with Crippen molar-refractivity contribution in [3.8, 4) is 0 Å². The smallest absolute Gasteiger partial charge is 0.159 e. The molecule has 0 aliphatic rings. The molecule has 2 nitrogen and oxygen atoms in total. The van der Waals surface area contributed by atoms with Crippen LogP contribution in [0.4, 0.5) is 0 Å². The maximum atomic E-state index is 11.1. The highest BCUT2D eigenvalue weighted by molar-refractivity contribution is 6.01. The van der Waals surface area contributed by atoms with E-state index in [-0.39, 0.29) is 5.78 Å². The minimum absolute atomic E-state index is 0.0440. The first-order valence-electron chi connectivity index (χ1n) is 4.19. The molecule has 0 saturated carbocycles. The van der Waals surface area contributed by atoms with Gasteiger partial charge in [-0.15, -0.1) is 0 Å². The zero-order chi connectivity index (χ0) is 10.0. The third kappa shape index (κ3) is 2.02. The Morgan fingerprint density at radius 1 is 1.31 bits per heavy atom. The van der Waals surface area contributed by atoms with Crippen LogP contribution >= 0.6 is 0 Å². The largest absolute Gasteiger partial charge is 0.305 e. The molecule has 0 atom stereocenters. The highest BCUT2D eigenvalue weighted by Crippen LogP contribution is 2.12. The molecule has 0 bridgehead atoms. The molecule has 0 amide bonds. The van der Waals surface area contributed by atoms with E-state index in [1.54, 1.807) is 19.1 Å². The molecule has 0 saturated heterocycles. The van der Waals surface area contributed by atoms with Crippen molar-refractivity contribution in [2.75, 3.05) is 0 Å². The Hall–Kier alpha value is -1.44. The highest BCUT2D eigenvalue weighted by atomic mass is 16.1. The van der Waals surface area contributed by atoms with Gasteiger partial charge in [-0.05, 0) is 38.0 Å². The average Bonchev–Trinajstić information content (AvgIpc) is 2.04. The Balaban J connectivity index is 3.27. The maximum absolute atomic E-state index is 11.1. The fourth-order valence-electron chi connectivity index (χ4n) is 1.25. The quantitative estimate of drug-likeness (QED) is 0.544. The van der Waals surface area contributed by atoms with Crippen molar-refractivity contribution in [3.05, 3.63) is 34.9 Å². The zero-order valence-electron chi connectivity index (χ0n) is 8.14. The summed E-state index contributed by atoms with van der Waals surface area (Å²) in [4.78, 5) is 11.1. The number of hydrogen-bond donors (Lipinski definition) is 1. The number of benzene rings is 1. The van der Waals surface area contributed by atoms with Crippen molar-refractivity contribution in [1.29, 1.82) is 5.41 Å². The summed E-state index contributed by atoms with van der Waals surface area (Å²) >= 11 is 0. The SMILES string of the molecule is CC(=N)c1cc(C(C)=O)ccc1C. The predicted octanol–water partition coefficient (Wildman–Crippen LogP) is 2.59. The van der Waals surface area contributed by atoms with E-state index in [0.717, 1.165) is 11.1 Å². The van der Waals surface area contributed by atoms with Gasteiger partial charge in [0.15, 0.2) is 5.78 Å². The third-order valence-electron chi connectivity index (χ3n) is 2.05. The molecule has 0 aliphatic carbocycles. The Bertz CT molecular complexity index is 366. The molecule has 0 unspecified atom stereocenters. The number of rotatable bonds is 2. The van der Waals surface area contributed by atoms with E-state index >= 15 is 0 Å². The van der Waals surface area contributed by atoms with Crippen LogP contribution < -0.4 is 0 Å². The Morgan fingerprint density at radius 2 is 1.92 bits per heavy atom. The summed E-state index contributed by atoms with van der Waals surface area (Å²) in [5.74, 6) is 0.0440. The van der Waals surface area contributed by atoms with E-state index in [0.29, 0.717) is 11.3 Å². The minimum atomic E-state index is 0.0440. The number of nitrogens with one attached hydrogen (secondary N) is 1. The molecule has 0 aromatic heterocycles. The lowest BCUT2D eigenvalue weighted by molar-refractivity contribution is 0.101. The zero-order valence-corrected chi connectivity index (χ0v) is 8.14. The topological polar surface area (TPSA) is 40.9 Å². The second-order valence-corrected chi connectivity index (χ2v) is 3.21. The van der Waals surface area contributed by atoms with Crippen molar-refractivity contribution < 1.29 is 4.79 Å². The standard InChI is InChI=1S/C11H13NO/c1-7-4-5-10(9(3)13)6-11(7)8(2)12/h4-6,12H,1-3H3. The number of Topliss-reactive ketones (excluding diaryl/α,β-unsaturated/α-hetero) is 1. The molecule has 1 aromatic carbocycles. The number of hydrogen-bond acceptors (Lipinski definition) is 2. The normalized spacial score (nSPS) is 9.77. The van der Waals surface area contributed by atoms with Crippen molar-refractivity contribution >= 4 is 11.5 Å². The van der Waals surface area contributed by atoms with E-state index < -0.39 is 0 Å². The number of carbonyl (C=O) groups is 1. The van der Waals surface area contributed by atoms with Gasteiger partial charge < -0.3 is 5.41 Å². The van der Waals surface area contributed by atoms with Crippen molar-refractivity contribution in [1.82, 2.24) is 0 Å². The molecule has 0 radical (unpaired) electrons. The first-order chi connectivity index (χ1) is 6.02. The van der Waals surface area contributed by atoms with Gasteiger partial charge in [-0.25, -0.2) is 0 Å². The van der Waals surface area contributed by atoms with Crippen LogP contribution in [0, 0.1) is 12.3 Å². The maximum Gasteiger partial charge on any atom is 0.159 e. The first-order valence-corrected chi connectivity index (χ1v) is 4.19. The van der Waals surface area contributed by atoms with Gasteiger partial charge in [0.2, 0.25) is 0 Å². The molecule has 0 heterocycles. The van der Waals surface area contributed by atoms with Gasteiger partial charge in [0, 0.05) is 11.3 Å². The molecule has 1 N–H and O–H groups in total. The summed E-state index contributed by atoms with van der Waals surface area (Å²) in [5.41, 5.74) is 3.07. The van der Waals surface area contributed by atoms with Crippen LogP contribution in [-0.4, -0.2) is 11.5 Å². The third-order valence-corrected chi connectivity index (χ3v) is 2.05. The monoisotopic (exact) mass is 175 g/mol.